The average Bonchev–Trinajstić information content (AvgIpc) is 3.44. The molecule has 5 nitrogen and oxygen atoms in total. The van der Waals surface area contributed by atoms with Crippen LogP contribution in [0.25, 0.3) is 0 Å². The molecule has 6 heteroatoms. The van der Waals surface area contributed by atoms with Crippen molar-refractivity contribution >= 4 is 23.4 Å². The first-order chi connectivity index (χ1) is 12.0. The first kappa shape index (κ1) is 18.2. The zero-order valence-electron chi connectivity index (χ0n) is 14.7. The van der Waals surface area contributed by atoms with Crippen LogP contribution in [-0.4, -0.2) is 59.9 Å². The minimum Gasteiger partial charge on any atom is -0.352 e. The van der Waals surface area contributed by atoms with Crippen LogP contribution in [0.5, 0.6) is 0 Å². The molecular formula is C19H26ClN3O2. The Morgan fingerprint density at radius 1 is 1.20 bits per heavy atom. The van der Waals surface area contributed by atoms with Crippen LogP contribution in [0, 0.1) is 0 Å². The second kappa shape index (κ2) is 8.19. The number of nitrogens with one attached hydrogen (secondary N) is 1. The molecule has 1 N–H and O–H groups in total. The van der Waals surface area contributed by atoms with E-state index in [1.54, 1.807) is 0 Å². The summed E-state index contributed by atoms with van der Waals surface area (Å²) >= 11 is 6.15. The average molecular weight is 364 g/mol. The fraction of sp³-hybridized carbons (Fsp3) is 0.579. The number of hydrogen-bond acceptors (Lipinski definition) is 3. The summed E-state index contributed by atoms with van der Waals surface area (Å²) in [4.78, 5) is 28.6. The molecule has 1 saturated heterocycles. The lowest BCUT2D eigenvalue weighted by atomic mass is 10.1. The Morgan fingerprint density at radius 3 is 2.52 bits per heavy atom. The number of halogens is 1. The number of nitrogens with zero attached hydrogens (tertiary/aromatic N) is 2. The first-order valence-corrected chi connectivity index (χ1v) is 9.48. The Bertz CT molecular complexity index is 625. The standard InChI is InChI=1S/C19H26ClN3O2/c1-14(19(25)21-16-7-8-16)22-10-12-23(13-11-22)18(24)9-6-15-4-2-3-5-17(15)20/h2-5,14,16H,6-13H2,1H3,(H,21,25). The van der Waals surface area contributed by atoms with Crippen LogP contribution in [0.4, 0.5) is 0 Å². The summed E-state index contributed by atoms with van der Waals surface area (Å²) in [5.74, 6) is 0.274. The van der Waals surface area contributed by atoms with E-state index < -0.39 is 0 Å². The number of hydrogen-bond donors (Lipinski definition) is 1. The molecule has 1 unspecified atom stereocenters. The van der Waals surface area contributed by atoms with E-state index in [1.165, 1.54) is 0 Å². The third-order valence-electron chi connectivity index (χ3n) is 5.08. The molecule has 25 heavy (non-hydrogen) atoms. The molecule has 1 aliphatic heterocycles. The minimum atomic E-state index is -0.124. The zero-order valence-corrected chi connectivity index (χ0v) is 15.5. The summed E-state index contributed by atoms with van der Waals surface area (Å²) in [7, 11) is 0. The van der Waals surface area contributed by atoms with Gasteiger partial charge in [0, 0.05) is 43.7 Å². The van der Waals surface area contributed by atoms with E-state index in [1.807, 2.05) is 36.1 Å². The first-order valence-electron chi connectivity index (χ1n) is 9.10. The van der Waals surface area contributed by atoms with E-state index in [-0.39, 0.29) is 17.9 Å². The molecule has 0 bridgehead atoms. The SMILES string of the molecule is CC(C(=O)NC1CC1)N1CCN(C(=O)CCc2ccccc2Cl)CC1. The maximum absolute atomic E-state index is 12.4. The number of carbonyl (C=O) groups is 2. The summed E-state index contributed by atoms with van der Waals surface area (Å²) in [5, 5.41) is 3.77. The van der Waals surface area contributed by atoms with E-state index in [4.69, 9.17) is 11.6 Å². The van der Waals surface area contributed by atoms with Gasteiger partial charge in [0.2, 0.25) is 11.8 Å². The smallest absolute Gasteiger partial charge is 0.237 e. The van der Waals surface area contributed by atoms with Crippen molar-refractivity contribution in [1.82, 2.24) is 15.1 Å². The fourth-order valence-electron chi connectivity index (χ4n) is 3.17. The van der Waals surface area contributed by atoms with Crippen LogP contribution in [0.2, 0.25) is 5.02 Å². The van der Waals surface area contributed by atoms with Crippen molar-refractivity contribution in [2.45, 2.75) is 44.7 Å². The highest BCUT2D eigenvalue weighted by Crippen LogP contribution is 2.20. The van der Waals surface area contributed by atoms with E-state index in [2.05, 4.69) is 10.2 Å². The molecule has 0 aromatic heterocycles. The van der Waals surface area contributed by atoms with Crippen molar-refractivity contribution in [2.24, 2.45) is 0 Å². The maximum Gasteiger partial charge on any atom is 0.237 e. The monoisotopic (exact) mass is 363 g/mol. The number of benzene rings is 1. The van der Waals surface area contributed by atoms with Crippen molar-refractivity contribution < 1.29 is 9.59 Å². The summed E-state index contributed by atoms with van der Waals surface area (Å²) in [6.45, 7) is 4.81. The molecule has 1 aromatic rings. The third kappa shape index (κ3) is 4.95. The van der Waals surface area contributed by atoms with Crippen molar-refractivity contribution in [3.63, 3.8) is 0 Å². The van der Waals surface area contributed by atoms with Gasteiger partial charge < -0.3 is 10.2 Å². The van der Waals surface area contributed by atoms with Gasteiger partial charge in [0.15, 0.2) is 0 Å². The number of amides is 2. The Morgan fingerprint density at radius 2 is 1.88 bits per heavy atom. The largest absolute Gasteiger partial charge is 0.352 e. The fourth-order valence-corrected chi connectivity index (χ4v) is 3.40. The van der Waals surface area contributed by atoms with Gasteiger partial charge in [0.05, 0.1) is 6.04 Å². The molecule has 1 saturated carbocycles. The molecule has 0 spiro atoms. The lowest BCUT2D eigenvalue weighted by Gasteiger charge is -2.37. The molecule has 2 aliphatic rings. The molecular weight excluding hydrogens is 338 g/mol. The van der Waals surface area contributed by atoms with Gasteiger partial charge in [-0.25, -0.2) is 0 Å². The predicted molar refractivity (Wildman–Crippen MR) is 98.6 cm³/mol. The van der Waals surface area contributed by atoms with E-state index in [9.17, 15) is 9.59 Å². The maximum atomic E-state index is 12.4. The predicted octanol–water partition coefficient (Wildman–Crippen LogP) is 2.08. The molecule has 2 fully saturated rings. The molecule has 1 atom stereocenters. The van der Waals surface area contributed by atoms with Gasteiger partial charge in [-0.2, -0.15) is 0 Å². The molecule has 3 rings (SSSR count). The van der Waals surface area contributed by atoms with Crippen molar-refractivity contribution in [2.75, 3.05) is 26.2 Å². The van der Waals surface area contributed by atoms with Crippen LogP contribution in [0.3, 0.4) is 0 Å². The summed E-state index contributed by atoms with van der Waals surface area (Å²) in [6, 6.07) is 7.93. The van der Waals surface area contributed by atoms with E-state index >= 15 is 0 Å². The third-order valence-corrected chi connectivity index (χ3v) is 5.45. The van der Waals surface area contributed by atoms with Crippen molar-refractivity contribution in [1.29, 1.82) is 0 Å². The van der Waals surface area contributed by atoms with Crippen LogP contribution in [0.1, 0.15) is 31.7 Å². The Hall–Kier alpha value is -1.59. The Kier molecular flexibility index (Phi) is 5.97. The number of carbonyl (C=O) groups excluding carboxylic acids is 2. The van der Waals surface area contributed by atoms with Crippen molar-refractivity contribution in [3.8, 4) is 0 Å². The summed E-state index contributed by atoms with van der Waals surface area (Å²) in [6.07, 6.45) is 3.35. The van der Waals surface area contributed by atoms with Crippen molar-refractivity contribution in [3.05, 3.63) is 34.9 Å². The minimum absolute atomic E-state index is 0.112. The van der Waals surface area contributed by atoms with Gasteiger partial charge in [0.1, 0.15) is 0 Å². The molecule has 1 aromatic carbocycles. The van der Waals surface area contributed by atoms with Crippen LogP contribution >= 0.6 is 11.6 Å². The second-order valence-electron chi connectivity index (χ2n) is 6.97. The Labute approximate surface area is 154 Å². The topological polar surface area (TPSA) is 52.7 Å². The van der Waals surface area contributed by atoms with E-state index in [0.29, 0.717) is 32.0 Å². The van der Waals surface area contributed by atoms with Gasteiger partial charge in [-0.15, -0.1) is 0 Å². The lowest BCUT2D eigenvalue weighted by molar-refractivity contribution is -0.134. The van der Waals surface area contributed by atoms with Gasteiger partial charge in [-0.1, -0.05) is 29.8 Å². The highest BCUT2D eigenvalue weighted by Gasteiger charge is 2.30. The number of rotatable bonds is 6. The number of piperazine rings is 1. The molecule has 2 amide bonds. The van der Waals surface area contributed by atoms with Gasteiger partial charge in [-0.3, -0.25) is 14.5 Å². The molecule has 1 heterocycles. The van der Waals surface area contributed by atoms with Crippen LogP contribution in [0.15, 0.2) is 24.3 Å². The quantitative estimate of drug-likeness (QED) is 0.842. The molecule has 1 aliphatic carbocycles. The molecule has 136 valence electrons. The van der Waals surface area contributed by atoms with Gasteiger partial charge in [-0.05, 0) is 37.8 Å². The summed E-state index contributed by atoms with van der Waals surface area (Å²) < 4.78 is 0. The van der Waals surface area contributed by atoms with Crippen LogP contribution < -0.4 is 5.32 Å². The van der Waals surface area contributed by atoms with Gasteiger partial charge in [0.25, 0.3) is 0 Å². The lowest BCUT2D eigenvalue weighted by Crippen LogP contribution is -2.55. The highest BCUT2D eigenvalue weighted by molar-refractivity contribution is 6.31. The highest BCUT2D eigenvalue weighted by atomic mass is 35.5. The summed E-state index contributed by atoms with van der Waals surface area (Å²) in [5.41, 5.74) is 1.02. The van der Waals surface area contributed by atoms with Crippen LogP contribution in [-0.2, 0) is 16.0 Å². The Balaban J connectivity index is 1.42. The number of aryl methyl sites for hydroxylation is 1. The second-order valence-corrected chi connectivity index (χ2v) is 7.37. The van der Waals surface area contributed by atoms with E-state index in [0.717, 1.165) is 36.5 Å². The normalized spacial score (nSPS) is 19.5. The van der Waals surface area contributed by atoms with Gasteiger partial charge >= 0.3 is 0 Å². The molecule has 0 radical (unpaired) electrons. The zero-order chi connectivity index (χ0) is 17.8.